The van der Waals surface area contributed by atoms with Crippen LogP contribution < -0.4 is 14.2 Å². The molecule has 3 aromatic heterocycles. The highest BCUT2D eigenvalue weighted by molar-refractivity contribution is 5.49. The van der Waals surface area contributed by atoms with E-state index in [9.17, 15) is 0 Å². The number of ether oxygens (including phenoxy) is 3. The highest BCUT2D eigenvalue weighted by Crippen LogP contribution is 2.36. The molecule has 0 amide bonds. The van der Waals surface area contributed by atoms with Crippen LogP contribution in [0.25, 0.3) is 17.1 Å². The van der Waals surface area contributed by atoms with Gasteiger partial charge in [0.1, 0.15) is 72.5 Å². The van der Waals surface area contributed by atoms with Gasteiger partial charge in [-0.15, -0.1) is 30.6 Å². The van der Waals surface area contributed by atoms with Gasteiger partial charge in [-0.25, -0.2) is 0 Å². The summed E-state index contributed by atoms with van der Waals surface area (Å²) < 4.78 is 24.1. The second-order valence-corrected chi connectivity index (χ2v) is 9.04. The number of rotatable bonds is 9. The predicted molar refractivity (Wildman–Crippen MR) is 151 cm³/mol. The maximum absolute atomic E-state index is 6.21. The van der Waals surface area contributed by atoms with E-state index in [-0.39, 0.29) is 0 Å². The predicted octanol–water partition coefficient (Wildman–Crippen LogP) is 5.81. The first-order valence-electron chi connectivity index (χ1n) is 12.8. The van der Waals surface area contributed by atoms with Crippen molar-refractivity contribution in [3.05, 3.63) is 129 Å². The molecular formula is C30H21N9O3. The summed E-state index contributed by atoms with van der Waals surface area (Å²) in [6, 6.07) is 28.2. The lowest BCUT2D eigenvalue weighted by Gasteiger charge is -2.14. The molecule has 0 fully saturated rings. The zero-order valence-electron chi connectivity index (χ0n) is 21.9. The number of hydrogen-bond acceptors (Lipinski definition) is 9. The molecule has 204 valence electrons. The van der Waals surface area contributed by atoms with Gasteiger partial charge in [0.15, 0.2) is 0 Å². The fourth-order valence-corrected chi connectivity index (χ4v) is 4.19. The number of nitrogens with zero attached hydrogens (tertiary/aromatic N) is 9. The molecule has 4 aromatic carbocycles. The second kappa shape index (κ2) is 11.1. The summed E-state index contributed by atoms with van der Waals surface area (Å²) in [5.74, 6) is 3.56. The summed E-state index contributed by atoms with van der Waals surface area (Å²) in [6.07, 6.45) is 9.82. The van der Waals surface area contributed by atoms with Gasteiger partial charge in [0.25, 0.3) is 0 Å². The molecule has 0 spiro atoms. The van der Waals surface area contributed by atoms with E-state index in [1.165, 1.54) is 0 Å². The fraction of sp³-hybridized carbons (Fsp3) is 0. The number of aromatic nitrogens is 9. The molecule has 0 saturated carbocycles. The molecule has 12 nitrogen and oxygen atoms in total. The molecule has 0 bridgehead atoms. The molecule has 7 rings (SSSR count). The van der Waals surface area contributed by atoms with Gasteiger partial charge in [-0.1, -0.05) is 0 Å². The van der Waals surface area contributed by atoms with Crippen molar-refractivity contribution in [3.8, 4) is 51.6 Å². The quantitative estimate of drug-likeness (QED) is 0.217. The Labute approximate surface area is 239 Å². The van der Waals surface area contributed by atoms with Crippen LogP contribution in [0.3, 0.4) is 0 Å². The summed E-state index contributed by atoms with van der Waals surface area (Å²) in [5, 5.41) is 23.1. The minimum absolute atomic E-state index is 0.543. The highest BCUT2D eigenvalue weighted by atomic mass is 16.5. The fourth-order valence-electron chi connectivity index (χ4n) is 4.19. The number of hydrogen-bond donors (Lipinski definition) is 0. The van der Waals surface area contributed by atoms with Crippen LogP contribution in [-0.2, 0) is 0 Å². The second-order valence-electron chi connectivity index (χ2n) is 9.04. The molecular weight excluding hydrogens is 534 g/mol. The molecule has 7 aromatic rings. The molecule has 0 aliphatic heterocycles. The van der Waals surface area contributed by atoms with E-state index in [1.807, 2.05) is 105 Å². The third-order valence-corrected chi connectivity index (χ3v) is 6.22. The summed E-state index contributed by atoms with van der Waals surface area (Å²) >= 11 is 0. The van der Waals surface area contributed by atoms with Crippen molar-refractivity contribution in [1.82, 2.24) is 44.3 Å². The smallest absolute Gasteiger partial charge is 0.134 e. The first-order chi connectivity index (χ1) is 20.7. The molecule has 3 heterocycles. The van der Waals surface area contributed by atoms with Crippen LogP contribution >= 0.6 is 0 Å². The van der Waals surface area contributed by atoms with Crippen molar-refractivity contribution < 1.29 is 14.2 Å². The van der Waals surface area contributed by atoms with Crippen LogP contribution in [-0.4, -0.2) is 44.3 Å². The van der Waals surface area contributed by atoms with E-state index >= 15 is 0 Å². The zero-order chi connectivity index (χ0) is 28.1. The van der Waals surface area contributed by atoms with E-state index in [1.54, 1.807) is 38.0 Å². The van der Waals surface area contributed by atoms with Crippen LogP contribution in [0.15, 0.2) is 129 Å². The molecule has 0 saturated heterocycles. The summed E-state index contributed by atoms with van der Waals surface area (Å²) in [7, 11) is 0. The first-order valence-corrected chi connectivity index (χ1v) is 12.8. The van der Waals surface area contributed by atoms with Crippen molar-refractivity contribution in [2.75, 3.05) is 0 Å². The molecule has 0 radical (unpaired) electrons. The minimum Gasteiger partial charge on any atom is -0.457 e. The van der Waals surface area contributed by atoms with Crippen molar-refractivity contribution in [2.45, 2.75) is 0 Å². The minimum atomic E-state index is 0.543. The summed E-state index contributed by atoms with van der Waals surface area (Å²) in [4.78, 5) is 0. The van der Waals surface area contributed by atoms with Crippen molar-refractivity contribution >= 4 is 0 Å². The molecule has 0 atom stereocenters. The lowest BCUT2D eigenvalue weighted by Crippen LogP contribution is -1.93. The summed E-state index contributed by atoms with van der Waals surface area (Å²) in [5.41, 5.74) is 2.75. The summed E-state index contributed by atoms with van der Waals surface area (Å²) in [6.45, 7) is 0. The lowest BCUT2D eigenvalue weighted by atomic mass is 10.2. The van der Waals surface area contributed by atoms with Gasteiger partial charge in [0.2, 0.25) is 0 Å². The Morgan fingerprint density at radius 3 is 0.786 bits per heavy atom. The molecule has 0 unspecified atom stereocenters. The van der Waals surface area contributed by atoms with Gasteiger partial charge >= 0.3 is 0 Å². The van der Waals surface area contributed by atoms with E-state index < -0.39 is 0 Å². The highest BCUT2D eigenvalue weighted by Gasteiger charge is 2.10. The molecule has 0 N–H and O–H groups in total. The van der Waals surface area contributed by atoms with Gasteiger partial charge in [-0.2, -0.15) is 0 Å². The van der Waals surface area contributed by atoms with E-state index in [2.05, 4.69) is 30.6 Å². The Morgan fingerprint density at radius 2 is 0.548 bits per heavy atom. The maximum atomic E-state index is 6.21. The van der Waals surface area contributed by atoms with Crippen molar-refractivity contribution in [2.24, 2.45) is 0 Å². The van der Waals surface area contributed by atoms with Crippen LogP contribution in [0.1, 0.15) is 0 Å². The third-order valence-electron chi connectivity index (χ3n) is 6.22. The van der Waals surface area contributed by atoms with Crippen LogP contribution in [0.4, 0.5) is 0 Å². The Morgan fingerprint density at radius 1 is 0.310 bits per heavy atom. The monoisotopic (exact) mass is 555 g/mol. The van der Waals surface area contributed by atoms with Crippen LogP contribution in [0, 0.1) is 0 Å². The van der Waals surface area contributed by atoms with Gasteiger partial charge in [0.05, 0.1) is 0 Å². The van der Waals surface area contributed by atoms with Gasteiger partial charge in [0, 0.05) is 35.3 Å². The molecule has 0 aliphatic carbocycles. The zero-order valence-corrected chi connectivity index (χ0v) is 21.9. The maximum Gasteiger partial charge on any atom is 0.134 e. The van der Waals surface area contributed by atoms with Crippen LogP contribution in [0.5, 0.6) is 34.5 Å². The van der Waals surface area contributed by atoms with E-state index in [0.717, 1.165) is 17.1 Å². The van der Waals surface area contributed by atoms with Crippen molar-refractivity contribution in [3.63, 3.8) is 0 Å². The molecule has 12 heteroatoms. The normalized spacial score (nSPS) is 10.9. The lowest BCUT2D eigenvalue weighted by molar-refractivity contribution is 0.439. The van der Waals surface area contributed by atoms with Gasteiger partial charge < -0.3 is 14.2 Å². The molecule has 0 aliphatic rings. The SMILES string of the molecule is c1cc(-n2cnnc2)ccc1Oc1cc(Oc2ccc(-n3cnnc3)cc2)cc(Oc2ccc(-n3cnnc3)cc2)c1. The average Bonchev–Trinajstić information content (AvgIpc) is 3.83. The standard InChI is InChI=1S/C30H21N9O3/c1-7-25(8-2-22(1)37-16-31-32-17-37)40-28-13-29(41-26-9-3-23(4-10-26)38-18-33-34-19-38)15-30(14-28)42-27-11-5-24(6-12-27)39-20-35-36-21-39/h1-21H. The Bertz CT molecular complexity index is 1640. The average molecular weight is 556 g/mol. The first kappa shape index (κ1) is 24.7. The van der Waals surface area contributed by atoms with E-state index in [0.29, 0.717) is 34.5 Å². The largest absolute Gasteiger partial charge is 0.457 e. The van der Waals surface area contributed by atoms with Crippen molar-refractivity contribution in [1.29, 1.82) is 0 Å². The molecule has 42 heavy (non-hydrogen) atoms. The Kier molecular flexibility index (Phi) is 6.51. The topological polar surface area (TPSA) is 120 Å². The van der Waals surface area contributed by atoms with Crippen LogP contribution in [0.2, 0.25) is 0 Å². The number of benzene rings is 4. The van der Waals surface area contributed by atoms with Gasteiger partial charge in [-0.05, 0) is 72.8 Å². The van der Waals surface area contributed by atoms with E-state index in [4.69, 9.17) is 14.2 Å². The Balaban J connectivity index is 1.15. The van der Waals surface area contributed by atoms with Gasteiger partial charge in [-0.3, -0.25) is 13.7 Å². The third kappa shape index (κ3) is 5.53. The Hall–Kier alpha value is -6.30.